The predicted octanol–water partition coefficient (Wildman–Crippen LogP) is 1.77. The summed E-state index contributed by atoms with van der Waals surface area (Å²) in [6.45, 7) is 4.22. The van der Waals surface area contributed by atoms with Crippen molar-refractivity contribution in [3.63, 3.8) is 0 Å². The highest BCUT2D eigenvalue weighted by Gasteiger charge is 2.10. The molecule has 0 bridgehead atoms. The van der Waals surface area contributed by atoms with E-state index in [2.05, 4.69) is 11.9 Å². The lowest BCUT2D eigenvalue weighted by Gasteiger charge is -2.11. The van der Waals surface area contributed by atoms with Gasteiger partial charge >= 0.3 is 0 Å². The molecule has 1 atom stereocenters. The fraction of sp³-hybridized carbons (Fsp3) is 0.308. The Hall–Kier alpha value is -1.61. The van der Waals surface area contributed by atoms with Crippen LogP contribution in [0.25, 0.3) is 0 Å². The molecule has 3 heteroatoms. The number of amides is 1. The summed E-state index contributed by atoms with van der Waals surface area (Å²) < 4.78 is 0. The smallest absolute Gasteiger partial charge is 0.221 e. The van der Waals surface area contributed by atoms with Gasteiger partial charge in [-0.2, -0.15) is 0 Å². The van der Waals surface area contributed by atoms with E-state index >= 15 is 0 Å². The SMILES string of the molecule is C=CCCNC(=O)CC(N)c1ccccc1. The van der Waals surface area contributed by atoms with Crippen molar-refractivity contribution < 1.29 is 4.79 Å². The van der Waals surface area contributed by atoms with Gasteiger partial charge in [-0.3, -0.25) is 4.79 Å². The van der Waals surface area contributed by atoms with Crippen molar-refractivity contribution in [2.75, 3.05) is 6.54 Å². The highest BCUT2D eigenvalue weighted by atomic mass is 16.1. The van der Waals surface area contributed by atoms with Crippen LogP contribution in [-0.2, 0) is 4.79 Å². The molecule has 1 unspecified atom stereocenters. The maximum absolute atomic E-state index is 11.5. The van der Waals surface area contributed by atoms with E-state index in [0.717, 1.165) is 12.0 Å². The lowest BCUT2D eigenvalue weighted by molar-refractivity contribution is -0.121. The predicted molar refractivity (Wildman–Crippen MR) is 65.8 cm³/mol. The van der Waals surface area contributed by atoms with Gasteiger partial charge in [0.2, 0.25) is 5.91 Å². The highest BCUT2D eigenvalue weighted by Crippen LogP contribution is 2.12. The van der Waals surface area contributed by atoms with Crippen molar-refractivity contribution in [2.45, 2.75) is 18.9 Å². The Morgan fingerprint density at radius 2 is 2.12 bits per heavy atom. The topological polar surface area (TPSA) is 55.1 Å². The van der Waals surface area contributed by atoms with Gasteiger partial charge in [-0.1, -0.05) is 36.4 Å². The third-order valence-corrected chi connectivity index (χ3v) is 2.30. The Morgan fingerprint density at radius 3 is 2.75 bits per heavy atom. The third-order valence-electron chi connectivity index (χ3n) is 2.30. The van der Waals surface area contributed by atoms with E-state index in [-0.39, 0.29) is 11.9 Å². The van der Waals surface area contributed by atoms with Crippen LogP contribution in [0, 0.1) is 0 Å². The Balaban J connectivity index is 2.36. The number of carbonyl (C=O) groups excluding carboxylic acids is 1. The molecule has 0 spiro atoms. The molecule has 1 aromatic rings. The first-order valence-corrected chi connectivity index (χ1v) is 5.42. The number of nitrogens with one attached hydrogen (secondary N) is 1. The van der Waals surface area contributed by atoms with Crippen molar-refractivity contribution in [2.24, 2.45) is 5.73 Å². The zero-order valence-corrected chi connectivity index (χ0v) is 9.36. The standard InChI is InChI=1S/C13H18N2O/c1-2-3-9-15-13(16)10-12(14)11-7-5-4-6-8-11/h2,4-8,12H,1,3,9-10,14H2,(H,15,16). The monoisotopic (exact) mass is 218 g/mol. The molecule has 0 saturated carbocycles. The Bertz CT molecular complexity index is 335. The van der Waals surface area contributed by atoms with Crippen LogP contribution < -0.4 is 11.1 Å². The van der Waals surface area contributed by atoms with Crippen LogP contribution in [-0.4, -0.2) is 12.5 Å². The lowest BCUT2D eigenvalue weighted by atomic mass is 10.0. The van der Waals surface area contributed by atoms with Crippen LogP contribution in [0.5, 0.6) is 0 Å². The van der Waals surface area contributed by atoms with Crippen molar-refractivity contribution >= 4 is 5.91 Å². The van der Waals surface area contributed by atoms with E-state index in [0.29, 0.717) is 13.0 Å². The summed E-state index contributed by atoms with van der Waals surface area (Å²) in [6, 6.07) is 9.41. The molecule has 0 aliphatic carbocycles. The van der Waals surface area contributed by atoms with Crippen LogP contribution in [0.2, 0.25) is 0 Å². The second-order valence-corrected chi connectivity index (χ2v) is 3.65. The van der Waals surface area contributed by atoms with Gasteiger partial charge in [0, 0.05) is 19.0 Å². The molecule has 3 N–H and O–H groups in total. The third kappa shape index (κ3) is 4.28. The van der Waals surface area contributed by atoms with E-state index in [9.17, 15) is 4.79 Å². The van der Waals surface area contributed by atoms with E-state index < -0.39 is 0 Å². The van der Waals surface area contributed by atoms with Crippen LogP contribution in [0.1, 0.15) is 24.4 Å². The largest absolute Gasteiger partial charge is 0.356 e. The van der Waals surface area contributed by atoms with Gasteiger partial charge in [0.05, 0.1) is 0 Å². The van der Waals surface area contributed by atoms with Gasteiger partial charge in [0.15, 0.2) is 0 Å². The van der Waals surface area contributed by atoms with Gasteiger partial charge in [0.1, 0.15) is 0 Å². The number of carbonyl (C=O) groups is 1. The minimum Gasteiger partial charge on any atom is -0.356 e. The maximum Gasteiger partial charge on any atom is 0.221 e. The molecule has 0 heterocycles. The van der Waals surface area contributed by atoms with Crippen LogP contribution in [0.4, 0.5) is 0 Å². The Labute approximate surface area is 96.3 Å². The molecular formula is C13H18N2O. The number of rotatable bonds is 6. The normalized spacial score (nSPS) is 11.8. The van der Waals surface area contributed by atoms with Crippen molar-refractivity contribution in [1.82, 2.24) is 5.32 Å². The quantitative estimate of drug-likeness (QED) is 0.564. The van der Waals surface area contributed by atoms with Crippen LogP contribution in [0.15, 0.2) is 43.0 Å². The van der Waals surface area contributed by atoms with Gasteiger partial charge < -0.3 is 11.1 Å². The van der Waals surface area contributed by atoms with Crippen molar-refractivity contribution in [3.8, 4) is 0 Å². The zero-order valence-electron chi connectivity index (χ0n) is 9.36. The minimum atomic E-state index is -0.232. The minimum absolute atomic E-state index is 0.0156. The summed E-state index contributed by atoms with van der Waals surface area (Å²) in [5, 5.41) is 2.79. The molecular weight excluding hydrogens is 200 g/mol. The number of hydrogen-bond acceptors (Lipinski definition) is 2. The summed E-state index contributed by atoms with van der Waals surface area (Å²) in [6.07, 6.45) is 2.88. The van der Waals surface area contributed by atoms with Crippen molar-refractivity contribution in [1.29, 1.82) is 0 Å². The average Bonchev–Trinajstić information content (AvgIpc) is 2.30. The molecule has 0 aromatic heterocycles. The number of hydrogen-bond donors (Lipinski definition) is 2. The van der Waals surface area contributed by atoms with Crippen LogP contribution >= 0.6 is 0 Å². The summed E-state index contributed by atoms with van der Waals surface area (Å²) in [4.78, 5) is 11.5. The summed E-state index contributed by atoms with van der Waals surface area (Å²) >= 11 is 0. The van der Waals surface area contributed by atoms with Crippen molar-refractivity contribution in [3.05, 3.63) is 48.6 Å². The summed E-state index contributed by atoms with van der Waals surface area (Å²) in [7, 11) is 0. The fourth-order valence-corrected chi connectivity index (χ4v) is 1.40. The molecule has 86 valence electrons. The molecule has 0 radical (unpaired) electrons. The molecule has 3 nitrogen and oxygen atoms in total. The average molecular weight is 218 g/mol. The highest BCUT2D eigenvalue weighted by molar-refractivity contribution is 5.76. The van der Waals surface area contributed by atoms with Crippen LogP contribution in [0.3, 0.4) is 0 Å². The second kappa shape index (κ2) is 6.80. The first-order chi connectivity index (χ1) is 7.74. The molecule has 0 aliphatic rings. The first kappa shape index (κ1) is 12.5. The zero-order chi connectivity index (χ0) is 11.8. The Morgan fingerprint density at radius 1 is 1.44 bits per heavy atom. The second-order valence-electron chi connectivity index (χ2n) is 3.65. The van der Waals surface area contributed by atoms with E-state index in [1.807, 2.05) is 30.3 Å². The molecule has 1 aromatic carbocycles. The van der Waals surface area contributed by atoms with Gasteiger partial charge in [-0.05, 0) is 12.0 Å². The van der Waals surface area contributed by atoms with E-state index in [1.54, 1.807) is 6.08 Å². The molecule has 1 amide bonds. The first-order valence-electron chi connectivity index (χ1n) is 5.42. The molecule has 0 saturated heterocycles. The molecule has 0 fully saturated rings. The van der Waals surface area contributed by atoms with Gasteiger partial charge in [-0.15, -0.1) is 6.58 Å². The molecule has 1 rings (SSSR count). The Kier molecular flexibility index (Phi) is 5.29. The molecule has 16 heavy (non-hydrogen) atoms. The number of nitrogens with two attached hydrogens (primary N) is 1. The fourth-order valence-electron chi connectivity index (χ4n) is 1.40. The summed E-state index contributed by atoms with van der Waals surface area (Å²) in [5.74, 6) is -0.0156. The van der Waals surface area contributed by atoms with Gasteiger partial charge in [-0.25, -0.2) is 0 Å². The number of benzene rings is 1. The molecule has 0 aliphatic heterocycles. The van der Waals surface area contributed by atoms with E-state index in [1.165, 1.54) is 0 Å². The maximum atomic E-state index is 11.5. The summed E-state index contributed by atoms with van der Waals surface area (Å²) in [5.41, 5.74) is 6.91. The van der Waals surface area contributed by atoms with Gasteiger partial charge in [0.25, 0.3) is 0 Å². The van der Waals surface area contributed by atoms with E-state index in [4.69, 9.17) is 5.73 Å². The lowest BCUT2D eigenvalue weighted by Crippen LogP contribution is -2.28.